The summed E-state index contributed by atoms with van der Waals surface area (Å²) in [6, 6.07) is 7.45. The number of rotatable bonds is 5. The van der Waals surface area contributed by atoms with E-state index >= 15 is 0 Å². The SMILES string of the molecule is CCCC(C)C(=O)N(CC)c1ccc(N)cc1. The van der Waals surface area contributed by atoms with Crippen LogP contribution in [0.3, 0.4) is 0 Å². The molecule has 0 heterocycles. The van der Waals surface area contributed by atoms with Crippen molar-refractivity contribution >= 4 is 17.3 Å². The van der Waals surface area contributed by atoms with Gasteiger partial charge in [0.2, 0.25) is 5.91 Å². The highest BCUT2D eigenvalue weighted by Gasteiger charge is 2.19. The zero-order chi connectivity index (χ0) is 12.8. The molecule has 1 amide bonds. The van der Waals surface area contributed by atoms with Crippen LogP contribution in [-0.4, -0.2) is 12.5 Å². The fourth-order valence-electron chi connectivity index (χ4n) is 1.94. The molecule has 2 N–H and O–H groups in total. The first-order chi connectivity index (χ1) is 8.10. The highest BCUT2D eigenvalue weighted by molar-refractivity contribution is 5.94. The fourth-order valence-corrected chi connectivity index (χ4v) is 1.94. The number of benzene rings is 1. The number of anilines is 2. The first-order valence-electron chi connectivity index (χ1n) is 6.27. The molecule has 1 rings (SSSR count). The third-order valence-corrected chi connectivity index (χ3v) is 2.93. The van der Waals surface area contributed by atoms with Gasteiger partial charge < -0.3 is 10.6 Å². The molecule has 1 aromatic carbocycles. The van der Waals surface area contributed by atoms with Gasteiger partial charge in [0.1, 0.15) is 0 Å². The van der Waals surface area contributed by atoms with E-state index in [0.29, 0.717) is 6.54 Å². The number of carbonyl (C=O) groups is 1. The van der Waals surface area contributed by atoms with E-state index in [9.17, 15) is 4.79 Å². The first kappa shape index (κ1) is 13.6. The molecule has 0 aromatic heterocycles. The highest BCUT2D eigenvalue weighted by atomic mass is 16.2. The van der Waals surface area contributed by atoms with E-state index in [0.717, 1.165) is 24.2 Å². The monoisotopic (exact) mass is 234 g/mol. The average Bonchev–Trinajstić information content (AvgIpc) is 2.32. The van der Waals surface area contributed by atoms with Crippen LogP contribution >= 0.6 is 0 Å². The number of amides is 1. The van der Waals surface area contributed by atoms with Gasteiger partial charge in [-0.05, 0) is 37.6 Å². The van der Waals surface area contributed by atoms with E-state index in [1.54, 1.807) is 0 Å². The standard InChI is InChI=1S/C14H22N2O/c1-4-6-11(3)14(17)16(5-2)13-9-7-12(15)8-10-13/h7-11H,4-6,15H2,1-3H3. The Balaban J connectivity index is 2.84. The van der Waals surface area contributed by atoms with Crippen LogP contribution in [0.5, 0.6) is 0 Å². The lowest BCUT2D eigenvalue weighted by molar-refractivity contribution is -0.122. The summed E-state index contributed by atoms with van der Waals surface area (Å²) in [6.07, 6.45) is 1.97. The topological polar surface area (TPSA) is 46.3 Å². The fraction of sp³-hybridized carbons (Fsp3) is 0.500. The molecule has 0 radical (unpaired) electrons. The van der Waals surface area contributed by atoms with Gasteiger partial charge in [-0.3, -0.25) is 4.79 Å². The summed E-state index contributed by atoms with van der Waals surface area (Å²) in [4.78, 5) is 14.1. The van der Waals surface area contributed by atoms with Crippen LogP contribution < -0.4 is 10.6 Å². The van der Waals surface area contributed by atoms with Gasteiger partial charge in [-0.15, -0.1) is 0 Å². The van der Waals surface area contributed by atoms with E-state index in [1.807, 2.05) is 43.0 Å². The van der Waals surface area contributed by atoms with Crippen LogP contribution in [0.4, 0.5) is 11.4 Å². The number of carbonyl (C=O) groups excluding carboxylic acids is 1. The van der Waals surface area contributed by atoms with Gasteiger partial charge in [-0.25, -0.2) is 0 Å². The molecule has 0 aliphatic rings. The molecule has 0 bridgehead atoms. The molecule has 3 heteroatoms. The van der Waals surface area contributed by atoms with Gasteiger partial charge in [0, 0.05) is 23.8 Å². The van der Waals surface area contributed by atoms with Crippen molar-refractivity contribution in [2.75, 3.05) is 17.2 Å². The van der Waals surface area contributed by atoms with E-state index < -0.39 is 0 Å². The molecule has 0 fully saturated rings. The Morgan fingerprint density at radius 1 is 1.29 bits per heavy atom. The van der Waals surface area contributed by atoms with Crippen molar-refractivity contribution in [3.8, 4) is 0 Å². The quantitative estimate of drug-likeness (QED) is 0.796. The van der Waals surface area contributed by atoms with E-state index in [-0.39, 0.29) is 11.8 Å². The largest absolute Gasteiger partial charge is 0.399 e. The maximum atomic E-state index is 12.2. The molecule has 1 atom stereocenters. The Morgan fingerprint density at radius 2 is 1.88 bits per heavy atom. The summed E-state index contributed by atoms with van der Waals surface area (Å²) >= 11 is 0. The molecule has 94 valence electrons. The molecule has 1 unspecified atom stereocenters. The van der Waals surface area contributed by atoms with E-state index in [4.69, 9.17) is 5.73 Å². The van der Waals surface area contributed by atoms with Gasteiger partial charge in [-0.1, -0.05) is 20.3 Å². The Morgan fingerprint density at radius 3 is 2.35 bits per heavy atom. The van der Waals surface area contributed by atoms with Gasteiger partial charge in [0.05, 0.1) is 0 Å². The second-order valence-electron chi connectivity index (χ2n) is 4.36. The number of nitrogens with zero attached hydrogens (tertiary/aromatic N) is 1. The number of nitrogen functional groups attached to an aromatic ring is 1. The van der Waals surface area contributed by atoms with Crippen LogP contribution in [0.1, 0.15) is 33.6 Å². The lowest BCUT2D eigenvalue weighted by atomic mass is 10.0. The maximum absolute atomic E-state index is 12.2. The van der Waals surface area contributed by atoms with Gasteiger partial charge >= 0.3 is 0 Å². The molecule has 17 heavy (non-hydrogen) atoms. The molecule has 0 aliphatic carbocycles. The first-order valence-corrected chi connectivity index (χ1v) is 6.27. The molecule has 1 aromatic rings. The molecular formula is C14H22N2O. The summed E-state index contributed by atoms with van der Waals surface area (Å²) in [7, 11) is 0. The van der Waals surface area contributed by atoms with Crippen LogP contribution in [0.2, 0.25) is 0 Å². The van der Waals surface area contributed by atoms with E-state index in [2.05, 4.69) is 6.92 Å². The van der Waals surface area contributed by atoms with Crippen LogP contribution in [0.25, 0.3) is 0 Å². The highest BCUT2D eigenvalue weighted by Crippen LogP contribution is 2.19. The van der Waals surface area contributed by atoms with Gasteiger partial charge in [-0.2, -0.15) is 0 Å². The van der Waals surface area contributed by atoms with Crippen molar-refractivity contribution in [2.24, 2.45) is 5.92 Å². The van der Waals surface area contributed by atoms with Crippen LogP contribution in [0, 0.1) is 5.92 Å². The summed E-state index contributed by atoms with van der Waals surface area (Å²) in [5.41, 5.74) is 7.30. The maximum Gasteiger partial charge on any atom is 0.229 e. The number of hydrogen-bond acceptors (Lipinski definition) is 2. The Hall–Kier alpha value is -1.51. The summed E-state index contributed by atoms with van der Waals surface area (Å²) in [5.74, 6) is 0.275. The van der Waals surface area contributed by atoms with Crippen molar-refractivity contribution in [3.63, 3.8) is 0 Å². The second-order valence-corrected chi connectivity index (χ2v) is 4.36. The Kier molecular flexibility index (Phi) is 5.01. The van der Waals surface area contributed by atoms with Crippen molar-refractivity contribution in [1.82, 2.24) is 0 Å². The lowest BCUT2D eigenvalue weighted by Gasteiger charge is -2.24. The summed E-state index contributed by atoms with van der Waals surface area (Å²) < 4.78 is 0. The van der Waals surface area contributed by atoms with Crippen LogP contribution in [0.15, 0.2) is 24.3 Å². The predicted octanol–water partition coefficient (Wildman–Crippen LogP) is 3.06. The minimum atomic E-state index is 0.0810. The van der Waals surface area contributed by atoms with Crippen molar-refractivity contribution < 1.29 is 4.79 Å². The third kappa shape index (κ3) is 3.48. The molecule has 0 saturated heterocycles. The van der Waals surface area contributed by atoms with Crippen LogP contribution in [-0.2, 0) is 4.79 Å². The predicted molar refractivity (Wildman–Crippen MR) is 73.0 cm³/mol. The minimum absolute atomic E-state index is 0.0810. The molecule has 0 aliphatic heterocycles. The van der Waals surface area contributed by atoms with Crippen molar-refractivity contribution in [2.45, 2.75) is 33.6 Å². The van der Waals surface area contributed by atoms with E-state index in [1.165, 1.54) is 0 Å². The lowest BCUT2D eigenvalue weighted by Crippen LogP contribution is -2.35. The second kappa shape index (κ2) is 6.28. The van der Waals surface area contributed by atoms with Crippen molar-refractivity contribution in [1.29, 1.82) is 0 Å². The average molecular weight is 234 g/mol. The smallest absolute Gasteiger partial charge is 0.229 e. The van der Waals surface area contributed by atoms with Gasteiger partial charge in [0.15, 0.2) is 0 Å². The molecular weight excluding hydrogens is 212 g/mol. The summed E-state index contributed by atoms with van der Waals surface area (Å²) in [5, 5.41) is 0. The zero-order valence-corrected chi connectivity index (χ0v) is 10.9. The van der Waals surface area contributed by atoms with Crippen molar-refractivity contribution in [3.05, 3.63) is 24.3 Å². The Bertz CT molecular complexity index is 359. The summed E-state index contributed by atoms with van der Waals surface area (Å²) in [6.45, 7) is 6.78. The molecule has 0 saturated carbocycles. The minimum Gasteiger partial charge on any atom is -0.399 e. The Labute approximate surface area is 104 Å². The molecule has 0 spiro atoms. The van der Waals surface area contributed by atoms with Gasteiger partial charge in [0.25, 0.3) is 0 Å². The number of hydrogen-bond donors (Lipinski definition) is 1. The molecule has 3 nitrogen and oxygen atoms in total. The third-order valence-electron chi connectivity index (χ3n) is 2.93. The number of nitrogens with two attached hydrogens (primary N) is 1. The zero-order valence-electron chi connectivity index (χ0n) is 10.9. The normalized spacial score (nSPS) is 12.2.